The van der Waals surface area contributed by atoms with Gasteiger partial charge in [0.05, 0.1) is 28.3 Å². The topological polar surface area (TPSA) is 36.8 Å². The molecule has 6 heteroatoms. The summed E-state index contributed by atoms with van der Waals surface area (Å²) in [7, 11) is 0. The third kappa shape index (κ3) is 4.58. The molecule has 3 aromatic carbocycles. The van der Waals surface area contributed by atoms with Gasteiger partial charge in [0.15, 0.2) is 0 Å². The predicted molar refractivity (Wildman–Crippen MR) is 124 cm³/mol. The summed E-state index contributed by atoms with van der Waals surface area (Å²) in [5.41, 5.74) is 3.42. The molecule has 0 amide bonds. The Morgan fingerprint density at radius 3 is 2.19 bits per heavy atom. The number of hydrogen-bond donors (Lipinski definition) is 1. The molecule has 3 nitrogen and oxygen atoms in total. The van der Waals surface area contributed by atoms with E-state index in [-0.39, 0.29) is 5.69 Å². The summed E-state index contributed by atoms with van der Waals surface area (Å²) < 4.78 is 41.2. The third-order valence-corrected chi connectivity index (χ3v) is 4.87. The standard InChI is InChI=1S/C25H22F3N3/c1-5-9-17-11-8-13-21(23(17)29-3)31-22-15-18(25(26,27)28)14-20(24(22)30-4)19-12-7-6-10-16(19)2/h5-15,31H,3-4H2,1-2H3/b9-5-. The van der Waals surface area contributed by atoms with Gasteiger partial charge in [0.2, 0.25) is 0 Å². The molecule has 0 spiro atoms. The molecule has 0 aliphatic carbocycles. The van der Waals surface area contributed by atoms with Crippen LogP contribution in [-0.2, 0) is 6.18 Å². The van der Waals surface area contributed by atoms with E-state index in [1.165, 1.54) is 0 Å². The molecular formula is C25H22F3N3. The van der Waals surface area contributed by atoms with Gasteiger partial charge in [-0.2, -0.15) is 13.2 Å². The number of anilines is 2. The fourth-order valence-corrected chi connectivity index (χ4v) is 3.44. The molecule has 0 aromatic heterocycles. The zero-order valence-electron chi connectivity index (χ0n) is 17.3. The summed E-state index contributed by atoms with van der Waals surface area (Å²) >= 11 is 0. The first-order valence-corrected chi connectivity index (χ1v) is 9.57. The van der Waals surface area contributed by atoms with Gasteiger partial charge in [-0.05, 0) is 56.6 Å². The molecule has 0 aliphatic heterocycles. The van der Waals surface area contributed by atoms with E-state index in [9.17, 15) is 13.2 Å². The van der Waals surface area contributed by atoms with Crippen LogP contribution in [0.3, 0.4) is 0 Å². The van der Waals surface area contributed by atoms with Crippen molar-refractivity contribution in [2.24, 2.45) is 9.98 Å². The van der Waals surface area contributed by atoms with Gasteiger partial charge in [-0.3, -0.25) is 9.98 Å². The van der Waals surface area contributed by atoms with Crippen molar-refractivity contribution in [3.05, 3.63) is 77.4 Å². The Morgan fingerprint density at radius 2 is 1.58 bits per heavy atom. The van der Waals surface area contributed by atoms with Crippen LogP contribution in [0.1, 0.15) is 23.6 Å². The van der Waals surface area contributed by atoms with Gasteiger partial charge in [-0.1, -0.05) is 48.6 Å². The Kier molecular flexibility index (Phi) is 6.39. The molecule has 0 bridgehead atoms. The van der Waals surface area contributed by atoms with Crippen molar-refractivity contribution < 1.29 is 13.2 Å². The fraction of sp³-hybridized carbons (Fsp3) is 0.120. The number of para-hydroxylation sites is 1. The summed E-state index contributed by atoms with van der Waals surface area (Å²) in [6, 6.07) is 14.8. The van der Waals surface area contributed by atoms with Crippen LogP contribution in [0.5, 0.6) is 0 Å². The predicted octanol–water partition coefficient (Wildman–Crippen LogP) is 8.12. The van der Waals surface area contributed by atoms with Crippen molar-refractivity contribution in [3.63, 3.8) is 0 Å². The van der Waals surface area contributed by atoms with Crippen molar-refractivity contribution in [1.82, 2.24) is 0 Å². The quantitative estimate of drug-likeness (QED) is 0.401. The van der Waals surface area contributed by atoms with E-state index in [1.54, 1.807) is 24.3 Å². The van der Waals surface area contributed by atoms with E-state index >= 15 is 0 Å². The minimum Gasteiger partial charge on any atom is -0.352 e. The molecule has 0 aliphatic rings. The Hall–Kier alpha value is -3.67. The van der Waals surface area contributed by atoms with Crippen LogP contribution in [0.25, 0.3) is 17.2 Å². The van der Waals surface area contributed by atoms with Gasteiger partial charge in [0, 0.05) is 11.1 Å². The van der Waals surface area contributed by atoms with Crippen LogP contribution in [0.2, 0.25) is 0 Å². The molecule has 0 radical (unpaired) electrons. The molecule has 0 saturated heterocycles. The number of benzene rings is 3. The highest BCUT2D eigenvalue weighted by Gasteiger charge is 2.32. The normalized spacial score (nSPS) is 11.5. The molecule has 3 rings (SSSR count). The zero-order chi connectivity index (χ0) is 22.6. The Morgan fingerprint density at radius 1 is 0.871 bits per heavy atom. The molecule has 0 heterocycles. The van der Waals surface area contributed by atoms with E-state index in [0.29, 0.717) is 28.2 Å². The van der Waals surface area contributed by atoms with Gasteiger partial charge in [0.25, 0.3) is 0 Å². The van der Waals surface area contributed by atoms with E-state index in [1.807, 2.05) is 44.2 Å². The second kappa shape index (κ2) is 9.00. The largest absolute Gasteiger partial charge is 0.416 e. The number of alkyl halides is 3. The Balaban J connectivity index is 2.27. The van der Waals surface area contributed by atoms with Crippen LogP contribution >= 0.6 is 0 Å². The average molecular weight is 421 g/mol. The van der Waals surface area contributed by atoms with Crippen molar-refractivity contribution in [1.29, 1.82) is 0 Å². The van der Waals surface area contributed by atoms with E-state index in [2.05, 4.69) is 28.7 Å². The van der Waals surface area contributed by atoms with Crippen molar-refractivity contribution in [2.45, 2.75) is 20.0 Å². The first-order chi connectivity index (χ1) is 14.8. The van der Waals surface area contributed by atoms with Crippen molar-refractivity contribution >= 4 is 42.3 Å². The number of hydrogen-bond acceptors (Lipinski definition) is 3. The zero-order valence-corrected chi connectivity index (χ0v) is 17.3. The maximum absolute atomic E-state index is 13.7. The van der Waals surface area contributed by atoms with Crippen LogP contribution in [0.4, 0.5) is 35.9 Å². The molecule has 0 unspecified atom stereocenters. The third-order valence-electron chi connectivity index (χ3n) is 4.87. The average Bonchev–Trinajstić information content (AvgIpc) is 2.73. The lowest BCUT2D eigenvalue weighted by molar-refractivity contribution is -0.137. The fourth-order valence-electron chi connectivity index (χ4n) is 3.44. The highest BCUT2D eigenvalue weighted by Crippen LogP contribution is 2.45. The van der Waals surface area contributed by atoms with Crippen molar-refractivity contribution in [3.8, 4) is 11.1 Å². The van der Waals surface area contributed by atoms with Crippen LogP contribution < -0.4 is 5.32 Å². The lowest BCUT2D eigenvalue weighted by atomic mass is 9.95. The van der Waals surface area contributed by atoms with Gasteiger partial charge in [0.1, 0.15) is 0 Å². The van der Waals surface area contributed by atoms with Gasteiger partial charge in [-0.15, -0.1) is 0 Å². The number of halogens is 3. The monoisotopic (exact) mass is 421 g/mol. The number of allylic oxidation sites excluding steroid dienone is 1. The number of rotatable bonds is 6. The minimum atomic E-state index is -4.53. The first-order valence-electron chi connectivity index (χ1n) is 9.57. The summed E-state index contributed by atoms with van der Waals surface area (Å²) in [5, 5.41) is 3.08. The van der Waals surface area contributed by atoms with E-state index in [4.69, 9.17) is 0 Å². The molecule has 0 fully saturated rings. The number of nitrogens with one attached hydrogen (secondary N) is 1. The van der Waals surface area contributed by atoms with Gasteiger partial charge in [-0.25, -0.2) is 0 Å². The molecule has 3 aromatic rings. The molecule has 158 valence electrons. The first kappa shape index (κ1) is 22.0. The van der Waals surface area contributed by atoms with Crippen molar-refractivity contribution in [2.75, 3.05) is 5.32 Å². The molecule has 0 atom stereocenters. The minimum absolute atomic E-state index is 0.186. The Labute approximate surface area is 179 Å². The Bertz CT molecular complexity index is 1160. The summed E-state index contributed by atoms with van der Waals surface area (Å²) in [5.74, 6) is 0. The lowest BCUT2D eigenvalue weighted by Gasteiger charge is -2.19. The summed E-state index contributed by atoms with van der Waals surface area (Å²) in [6.07, 6.45) is -0.822. The van der Waals surface area contributed by atoms with Gasteiger partial charge < -0.3 is 5.32 Å². The molecule has 31 heavy (non-hydrogen) atoms. The van der Waals surface area contributed by atoms with E-state index < -0.39 is 11.7 Å². The maximum Gasteiger partial charge on any atom is 0.416 e. The number of aliphatic imine (C=N–C) groups is 2. The summed E-state index contributed by atoms with van der Waals surface area (Å²) in [4.78, 5) is 8.16. The second-order valence-electron chi connectivity index (χ2n) is 6.92. The van der Waals surface area contributed by atoms with Crippen LogP contribution in [0, 0.1) is 6.92 Å². The molecular weight excluding hydrogens is 399 g/mol. The molecule has 0 saturated carbocycles. The maximum atomic E-state index is 13.7. The highest BCUT2D eigenvalue weighted by atomic mass is 19.4. The lowest BCUT2D eigenvalue weighted by Crippen LogP contribution is -2.07. The highest BCUT2D eigenvalue weighted by molar-refractivity contribution is 5.92. The van der Waals surface area contributed by atoms with E-state index in [0.717, 1.165) is 23.3 Å². The van der Waals surface area contributed by atoms with Gasteiger partial charge >= 0.3 is 6.18 Å². The van der Waals surface area contributed by atoms with Crippen LogP contribution in [-0.4, -0.2) is 13.4 Å². The number of nitrogens with zero attached hydrogens (tertiary/aromatic N) is 2. The summed E-state index contributed by atoms with van der Waals surface area (Å²) in [6.45, 7) is 10.9. The number of aryl methyl sites for hydroxylation is 1. The smallest absolute Gasteiger partial charge is 0.352 e. The SMILES string of the molecule is C=Nc1c(/C=C\C)cccc1Nc1cc(C(F)(F)F)cc(-c2ccccc2C)c1N=C. The van der Waals surface area contributed by atoms with Crippen LogP contribution in [0.15, 0.2) is 70.7 Å². The molecule has 1 N–H and O–H groups in total. The second-order valence-corrected chi connectivity index (χ2v) is 6.92.